The first-order valence-corrected chi connectivity index (χ1v) is 31.5. The molecule has 0 saturated carbocycles. The molecule has 2 amide bonds. The number of carboxylic acids is 1. The minimum absolute atomic E-state index is 0. The number of carbonyl (C=O) groups excluding carboxylic acids is 6. The molecule has 4 saturated heterocycles. The number of aliphatic hydroxyl groups excluding tert-OH is 2. The zero-order chi connectivity index (χ0) is 72.5. The summed E-state index contributed by atoms with van der Waals surface area (Å²) in [6, 6.07) is 21.6. The van der Waals surface area contributed by atoms with Gasteiger partial charge < -0.3 is 68.9 Å². The van der Waals surface area contributed by atoms with Gasteiger partial charge in [-0.2, -0.15) is 0 Å². The van der Waals surface area contributed by atoms with Crippen LogP contribution in [-0.2, 0) is 47.5 Å². The van der Waals surface area contributed by atoms with Crippen LogP contribution >= 0.6 is 59.6 Å². The molecule has 0 spiro atoms. The summed E-state index contributed by atoms with van der Waals surface area (Å²) in [6.07, 6.45) is 8.61. The van der Waals surface area contributed by atoms with Crippen LogP contribution in [0.4, 0.5) is 19.2 Å². The molecule has 0 aliphatic carbocycles. The lowest BCUT2D eigenvalue weighted by molar-refractivity contribution is -0.150. The smallest absolute Gasteiger partial charge is 0.478 e. The number of hydrogen-bond donors (Lipinski definition) is 5. The molecule has 0 bridgehead atoms. The van der Waals surface area contributed by atoms with Crippen molar-refractivity contribution < 1.29 is 82.0 Å². The molecule has 3 aromatic carbocycles. The summed E-state index contributed by atoms with van der Waals surface area (Å²) >= 11 is 17.7. The van der Waals surface area contributed by atoms with Crippen LogP contribution in [-0.4, -0.2) is 211 Å². The van der Waals surface area contributed by atoms with Crippen LogP contribution in [0.15, 0.2) is 110 Å². The Labute approximate surface area is 620 Å². The van der Waals surface area contributed by atoms with Gasteiger partial charge in [-0.25, -0.2) is 62.6 Å². The van der Waals surface area contributed by atoms with E-state index >= 15 is 0 Å². The summed E-state index contributed by atoms with van der Waals surface area (Å²) in [4.78, 5) is 94.2. The number of amides is 2. The van der Waals surface area contributed by atoms with E-state index in [-0.39, 0.29) is 76.1 Å². The van der Waals surface area contributed by atoms with E-state index in [1.54, 1.807) is 105 Å². The van der Waals surface area contributed by atoms with E-state index in [1.165, 1.54) is 73.6 Å². The molecule has 4 aliphatic rings. The van der Waals surface area contributed by atoms with Gasteiger partial charge in [0.2, 0.25) is 0 Å². The van der Waals surface area contributed by atoms with Crippen LogP contribution in [0.3, 0.4) is 0 Å². The van der Waals surface area contributed by atoms with Gasteiger partial charge in [0.15, 0.2) is 17.5 Å². The van der Waals surface area contributed by atoms with Gasteiger partial charge in [0.1, 0.15) is 53.6 Å². The first kappa shape index (κ1) is 91.3. The van der Waals surface area contributed by atoms with Crippen molar-refractivity contribution >= 4 is 121 Å². The molecular formula is C67H92Cl5N13O17. The van der Waals surface area contributed by atoms with Gasteiger partial charge in [0, 0.05) is 94.8 Å². The summed E-state index contributed by atoms with van der Waals surface area (Å²) in [5.74, 6) is -0.423. The first-order valence-electron chi connectivity index (χ1n) is 30.4. The lowest BCUT2D eigenvalue weighted by atomic mass is 10.2. The van der Waals surface area contributed by atoms with Gasteiger partial charge in [-0.15, -0.1) is 40.1 Å². The van der Waals surface area contributed by atoms with E-state index in [4.69, 9.17) is 78.5 Å². The van der Waals surface area contributed by atoms with Crippen LogP contribution < -0.4 is 10.6 Å². The normalized spacial score (nSPS) is 14.2. The number of nitrogens with zero attached hydrogens (tertiary/aromatic N) is 11. The van der Waals surface area contributed by atoms with Gasteiger partial charge in [0.25, 0.3) is 0 Å². The Morgan fingerprint density at radius 3 is 1.06 bits per heavy atom. The predicted octanol–water partition coefficient (Wildman–Crippen LogP) is 11.5. The number of halogens is 5. The molecule has 0 unspecified atom stereocenters. The van der Waals surface area contributed by atoms with Gasteiger partial charge in [0.05, 0.1) is 38.4 Å². The highest BCUT2D eigenvalue weighted by molar-refractivity contribution is 6.31. The summed E-state index contributed by atoms with van der Waals surface area (Å²) in [6.45, 7) is 25.3. The fraction of sp³-hybridized carbons (Fsp3) is 0.448. The number of hydrogen-bond acceptors (Lipinski definition) is 24. The maximum Gasteiger partial charge on any atom is 0.519 e. The molecule has 3 aromatic heterocycles. The van der Waals surface area contributed by atoms with E-state index in [0.29, 0.717) is 71.8 Å². The largest absolute Gasteiger partial charge is 0.519 e. The minimum atomic E-state index is -1.06. The number of aliphatic carboxylic acids is 1. The minimum Gasteiger partial charge on any atom is -0.478 e. The zero-order valence-corrected chi connectivity index (χ0v) is 60.9. The Balaban J connectivity index is 0.000000636. The van der Waals surface area contributed by atoms with Crippen molar-refractivity contribution in [1.82, 2.24) is 64.7 Å². The predicted molar refractivity (Wildman–Crippen MR) is 390 cm³/mol. The monoisotopic (exact) mass is 1530 g/mol. The Bertz CT molecular complexity index is 3700. The topological polar surface area (TPSA) is 367 Å². The molecule has 0 atom stereocenters. The van der Waals surface area contributed by atoms with Crippen LogP contribution in [0.25, 0.3) is 52.8 Å². The van der Waals surface area contributed by atoms with E-state index in [0.717, 1.165) is 35.9 Å². The highest BCUT2D eigenvalue weighted by atomic mass is 35.5. The van der Waals surface area contributed by atoms with Gasteiger partial charge in [-0.3, -0.25) is 0 Å². The third kappa shape index (κ3) is 36.2. The third-order valence-corrected chi connectivity index (χ3v) is 12.6. The Morgan fingerprint density at radius 2 is 0.784 bits per heavy atom. The van der Waals surface area contributed by atoms with Gasteiger partial charge in [-0.1, -0.05) is 86.1 Å². The van der Waals surface area contributed by atoms with Crippen LogP contribution in [0.5, 0.6) is 0 Å². The number of likely N-dealkylation sites (tertiary alicyclic amines) is 2. The van der Waals surface area contributed by atoms with Crippen molar-refractivity contribution in [2.24, 2.45) is 0 Å². The Kier molecular flexibility index (Phi) is 38.2. The van der Waals surface area contributed by atoms with Crippen molar-refractivity contribution in [3.63, 3.8) is 0 Å². The SMILES string of the molecule is C.C.CC(C)(C)OC(=O)N1CC(O)C1.CC(C)(C)OC(=O)N1CC(OC(=O)/C=C/n2cnc(-c3cccc(Cl)c3)n2)C1.CC(C)(C)OC(=O)OC(=O)OC(C)(C)C.Cl.Cl.O=C(/C=C/n1cnc(-c2cccc(Cl)c2)n1)OC1CNC1.O=C(O)/C=C/n1cnc(-c2cccc(Cl)c2)n1.OC1CNC1. The van der Waals surface area contributed by atoms with Crippen molar-refractivity contribution in [2.45, 2.75) is 145 Å². The van der Waals surface area contributed by atoms with Crippen LogP contribution in [0.2, 0.25) is 15.1 Å². The lowest BCUT2D eigenvalue weighted by Crippen LogP contribution is -2.56. The number of ether oxygens (including phenoxy) is 7. The highest BCUT2D eigenvalue weighted by Gasteiger charge is 2.36. The standard InChI is InChI=1S/C19H21ClN4O4.C14H13ClN4O2.C11H8ClN3O2.C10H18O5.C8H15NO3.C3H7NO.2CH4.2ClH/c1-19(2,3)28-18(26)23-10-15(11-23)27-16(25)7-8-24-12-21-17(22-24)13-5-4-6-14(20)9-13;15-11-3-1-2-10(6-11)14-17-9-19(18-14)5-4-13(20)21-12-7-16-8-12;12-9-3-1-2-8(6-9)11-13-7-15(14-11)5-4-10(16)17;1-9(2,3)14-7(11)13-8(12)15-10(4,5)6;1-8(2,3)12-7(11)9-4-6(10)5-9;5-3-1-4-2-3;;;;/h4-9,12,15H,10-11H2,1-3H3;1-6,9,12,16H,7-8H2;1-7H,(H,16,17);1-6H3;6,10H,4-5H2,1-3H3;3-5H,1-2H2;2*1H4;2*1H/b8-7+;2*5-4+;;;;;;;. The van der Waals surface area contributed by atoms with Crippen LogP contribution in [0, 0.1) is 0 Å². The van der Waals surface area contributed by atoms with Crippen molar-refractivity contribution in [3.8, 4) is 34.2 Å². The van der Waals surface area contributed by atoms with E-state index in [2.05, 4.69) is 45.6 Å². The molecule has 0 radical (unpaired) electrons. The molecule has 6 aromatic rings. The van der Waals surface area contributed by atoms with E-state index < -0.39 is 52.7 Å². The molecule has 10 rings (SSSR count). The lowest BCUT2D eigenvalue weighted by Gasteiger charge is -2.38. The molecule has 5 N–H and O–H groups in total. The number of nitrogens with one attached hydrogen (secondary N) is 2. The fourth-order valence-corrected chi connectivity index (χ4v) is 7.86. The number of esters is 2. The van der Waals surface area contributed by atoms with Gasteiger partial charge in [-0.05, 0) is 119 Å². The molecule has 35 heteroatoms. The average Bonchev–Trinajstić information content (AvgIpc) is 1.62. The van der Waals surface area contributed by atoms with Crippen molar-refractivity contribution in [3.05, 3.63) is 125 Å². The van der Waals surface area contributed by atoms with Crippen molar-refractivity contribution in [2.75, 3.05) is 52.4 Å². The maximum absolute atomic E-state index is 11.9. The van der Waals surface area contributed by atoms with E-state index in [1.807, 2.05) is 51.1 Å². The number of carbonyl (C=O) groups is 7. The average molecular weight is 1530 g/mol. The third-order valence-electron chi connectivity index (χ3n) is 11.9. The fourth-order valence-electron chi connectivity index (χ4n) is 7.29. The van der Waals surface area contributed by atoms with Crippen molar-refractivity contribution in [1.29, 1.82) is 0 Å². The van der Waals surface area contributed by atoms with Crippen LogP contribution in [0.1, 0.15) is 97.9 Å². The zero-order valence-electron chi connectivity index (χ0n) is 57.0. The number of benzene rings is 3. The number of carboxylic acid groups (broad SMARTS) is 1. The molecule has 4 fully saturated rings. The summed E-state index contributed by atoms with van der Waals surface area (Å²) in [5.41, 5.74) is -0.0178. The summed E-state index contributed by atoms with van der Waals surface area (Å²) in [5, 5.41) is 46.1. The molecule has 102 heavy (non-hydrogen) atoms. The van der Waals surface area contributed by atoms with Gasteiger partial charge >= 0.3 is 42.4 Å². The highest BCUT2D eigenvalue weighted by Crippen LogP contribution is 2.23. The molecule has 7 heterocycles. The first-order chi connectivity index (χ1) is 45.8. The number of aromatic nitrogens is 9. The molecule has 562 valence electrons. The second-order valence-electron chi connectivity index (χ2n) is 25.5. The maximum atomic E-state index is 11.9. The Hall–Kier alpha value is -8.72. The second kappa shape index (κ2) is 42.6. The quantitative estimate of drug-likeness (QED) is 0.0348. The number of β-amino-alcohol motifs (C(OH)–C–C–N with tert-alkyl or cyclic N) is 2. The Morgan fingerprint density at radius 1 is 0.471 bits per heavy atom. The molecular weight excluding hydrogens is 1440 g/mol. The molecule has 30 nitrogen and oxygen atoms in total. The second-order valence-corrected chi connectivity index (χ2v) is 26.8. The van der Waals surface area contributed by atoms with E-state index in [9.17, 15) is 33.6 Å². The number of aliphatic hydroxyl groups is 2. The summed E-state index contributed by atoms with van der Waals surface area (Å²) < 4.78 is 38.7. The summed E-state index contributed by atoms with van der Waals surface area (Å²) in [7, 11) is 0. The number of rotatable bonds is 11. The molecule has 4 aliphatic heterocycles.